The van der Waals surface area contributed by atoms with Gasteiger partial charge in [0.1, 0.15) is 5.76 Å². The van der Waals surface area contributed by atoms with Crippen molar-refractivity contribution < 1.29 is 4.42 Å². The van der Waals surface area contributed by atoms with Gasteiger partial charge in [0.25, 0.3) is 0 Å². The summed E-state index contributed by atoms with van der Waals surface area (Å²) in [6.45, 7) is 3.30. The van der Waals surface area contributed by atoms with Crippen molar-refractivity contribution in [2.45, 2.75) is 31.7 Å². The Hall–Kier alpha value is -0.280. The molecule has 1 aromatic heterocycles. The molecule has 2 rings (SSSR count). The maximum Gasteiger partial charge on any atom is 0.169 e. The molecule has 1 aliphatic rings. The standard InChI is InChI=1S/C10H14BrNO/c1-10(6-2-3-7-12-10)8-4-5-9(11)13-8/h4-5,12H,2-3,6-7H2,1H3. The molecule has 1 aliphatic heterocycles. The van der Waals surface area contributed by atoms with Crippen molar-refractivity contribution >= 4 is 15.9 Å². The highest BCUT2D eigenvalue weighted by Gasteiger charge is 2.31. The largest absolute Gasteiger partial charge is 0.452 e. The van der Waals surface area contributed by atoms with Crippen LogP contribution in [0.15, 0.2) is 21.2 Å². The molecule has 0 saturated carbocycles. The van der Waals surface area contributed by atoms with E-state index in [1.807, 2.05) is 12.1 Å². The summed E-state index contributed by atoms with van der Waals surface area (Å²) in [7, 11) is 0. The molecule has 0 amide bonds. The summed E-state index contributed by atoms with van der Waals surface area (Å²) in [5.41, 5.74) is 0.0459. The van der Waals surface area contributed by atoms with E-state index in [-0.39, 0.29) is 5.54 Å². The van der Waals surface area contributed by atoms with E-state index in [4.69, 9.17) is 4.42 Å². The number of furan rings is 1. The molecule has 0 spiro atoms. The maximum atomic E-state index is 5.58. The van der Waals surface area contributed by atoms with Crippen molar-refractivity contribution in [2.75, 3.05) is 6.54 Å². The molecular weight excluding hydrogens is 230 g/mol. The van der Waals surface area contributed by atoms with E-state index in [1.165, 1.54) is 12.8 Å². The summed E-state index contributed by atoms with van der Waals surface area (Å²) in [6.07, 6.45) is 3.71. The van der Waals surface area contributed by atoms with Crippen LogP contribution < -0.4 is 5.32 Å². The molecule has 1 atom stereocenters. The second-order valence-corrected chi connectivity index (χ2v) is 4.60. The Bertz CT molecular complexity index is 289. The SMILES string of the molecule is CC1(c2ccc(Br)o2)CCCCN1. The number of hydrogen-bond donors (Lipinski definition) is 1. The van der Waals surface area contributed by atoms with Crippen molar-refractivity contribution in [3.63, 3.8) is 0 Å². The summed E-state index contributed by atoms with van der Waals surface area (Å²) in [4.78, 5) is 0. The Morgan fingerprint density at radius 2 is 2.31 bits per heavy atom. The number of piperidine rings is 1. The summed E-state index contributed by atoms with van der Waals surface area (Å²) < 4.78 is 6.40. The minimum absolute atomic E-state index is 0.0459. The minimum atomic E-state index is 0.0459. The van der Waals surface area contributed by atoms with Gasteiger partial charge in [0, 0.05) is 0 Å². The van der Waals surface area contributed by atoms with Crippen LogP contribution in [0.2, 0.25) is 0 Å². The summed E-state index contributed by atoms with van der Waals surface area (Å²) in [6, 6.07) is 4.00. The van der Waals surface area contributed by atoms with Gasteiger partial charge in [0.2, 0.25) is 0 Å². The highest BCUT2D eigenvalue weighted by atomic mass is 79.9. The van der Waals surface area contributed by atoms with Crippen molar-refractivity contribution in [2.24, 2.45) is 0 Å². The predicted octanol–water partition coefficient (Wildman–Crippen LogP) is 3.03. The number of hydrogen-bond acceptors (Lipinski definition) is 2. The third-order valence-electron chi connectivity index (χ3n) is 2.74. The van der Waals surface area contributed by atoms with Gasteiger partial charge in [-0.3, -0.25) is 0 Å². The molecule has 1 aromatic rings. The Balaban J connectivity index is 2.22. The molecular formula is C10H14BrNO. The summed E-state index contributed by atoms with van der Waals surface area (Å²) >= 11 is 3.33. The van der Waals surface area contributed by atoms with Crippen LogP contribution >= 0.6 is 15.9 Å². The first kappa shape index (κ1) is 9.28. The zero-order valence-electron chi connectivity index (χ0n) is 7.77. The van der Waals surface area contributed by atoms with E-state index in [2.05, 4.69) is 28.2 Å². The number of halogens is 1. The van der Waals surface area contributed by atoms with Crippen LogP contribution in [0.5, 0.6) is 0 Å². The molecule has 1 fully saturated rings. The fourth-order valence-electron chi connectivity index (χ4n) is 1.88. The first-order valence-corrected chi connectivity index (χ1v) is 5.51. The van der Waals surface area contributed by atoms with Crippen molar-refractivity contribution in [1.82, 2.24) is 5.32 Å². The molecule has 13 heavy (non-hydrogen) atoms. The van der Waals surface area contributed by atoms with E-state index in [0.29, 0.717) is 0 Å². The monoisotopic (exact) mass is 243 g/mol. The van der Waals surface area contributed by atoms with E-state index in [9.17, 15) is 0 Å². The molecule has 0 aliphatic carbocycles. The molecule has 0 aromatic carbocycles. The van der Waals surface area contributed by atoms with Crippen LogP contribution in [-0.2, 0) is 5.54 Å². The van der Waals surface area contributed by atoms with Crippen LogP contribution in [-0.4, -0.2) is 6.54 Å². The lowest BCUT2D eigenvalue weighted by atomic mass is 9.89. The van der Waals surface area contributed by atoms with Gasteiger partial charge >= 0.3 is 0 Å². The number of rotatable bonds is 1. The van der Waals surface area contributed by atoms with Crippen LogP contribution in [0.4, 0.5) is 0 Å². The third-order valence-corrected chi connectivity index (χ3v) is 3.16. The lowest BCUT2D eigenvalue weighted by molar-refractivity contribution is 0.233. The molecule has 1 N–H and O–H groups in total. The van der Waals surface area contributed by atoms with E-state index in [1.54, 1.807) is 0 Å². The van der Waals surface area contributed by atoms with Gasteiger partial charge in [-0.05, 0) is 60.8 Å². The van der Waals surface area contributed by atoms with Crippen molar-refractivity contribution in [1.29, 1.82) is 0 Å². The highest BCUT2D eigenvalue weighted by molar-refractivity contribution is 9.10. The van der Waals surface area contributed by atoms with E-state index in [0.717, 1.165) is 23.4 Å². The highest BCUT2D eigenvalue weighted by Crippen LogP contribution is 2.32. The lowest BCUT2D eigenvalue weighted by Gasteiger charge is -2.32. The van der Waals surface area contributed by atoms with Crippen LogP contribution in [0.25, 0.3) is 0 Å². The molecule has 72 valence electrons. The Morgan fingerprint density at radius 3 is 2.85 bits per heavy atom. The fourth-order valence-corrected chi connectivity index (χ4v) is 2.18. The molecule has 0 bridgehead atoms. The van der Waals surface area contributed by atoms with Crippen LogP contribution in [0.1, 0.15) is 31.9 Å². The molecule has 2 heterocycles. The van der Waals surface area contributed by atoms with Gasteiger partial charge < -0.3 is 9.73 Å². The average Bonchev–Trinajstić information content (AvgIpc) is 2.54. The first-order valence-electron chi connectivity index (χ1n) is 4.72. The molecule has 2 nitrogen and oxygen atoms in total. The minimum Gasteiger partial charge on any atom is -0.452 e. The topological polar surface area (TPSA) is 25.2 Å². The predicted molar refractivity (Wildman–Crippen MR) is 55.6 cm³/mol. The molecule has 1 saturated heterocycles. The Kier molecular flexibility index (Phi) is 2.47. The van der Waals surface area contributed by atoms with Gasteiger partial charge in [-0.2, -0.15) is 0 Å². The van der Waals surface area contributed by atoms with Crippen molar-refractivity contribution in [3.05, 3.63) is 22.6 Å². The quantitative estimate of drug-likeness (QED) is 0.821. The van der Waals surface area contributed by atoms with Gasteiger partial charge in [0.15, 0.2) is 4.67 Å². The normalized spacial score (nSPS) is 29.1. The van der Waals surface area contributed by atoms with Crippen LogP contribution in [0, 0.1) is 0 Å². The van der Waals surface area contributed by atoms with Crippen molar-refractivity contribution in [3.8, 4) is 0 Å². The summed E-state index contributed by atoms with van der Waals surface area (Å²) in [5, 5.41) is 3.51. The fraction of sp³-hybridized carbons (Fsp3) is 0.600. The van der Waals surface area contributed by atoms with Crippen LogP contribution in [0.3, 0.4) is 0 Å². The van der Waals surface area contributed by atoms with E-state index >= 15 is 0 Å². The Morgan fingerprint density at radius 1 is 1.46 bits per heavy atom. The maximum absolute atomic E-state index is 5.58. The first-order chi connectivity index (χ1) is 6.21. The van der Waals surface area contributed by atoms with E-state index < -0.39 is 0 Å². The van der Waals surface area contributed by atoms with Gasteiger partial charge in [0.05, 0.1) is 5.54 Å². The molecule has 0 radical (unpaired) electrons. The summed E-state index contributed by atoms with van der Waals surface area (Å²) in [5.74, 6) is 1.04. The van der Waals surface area contributed by atoms with Gasteiger partial charge in [-0.15, -0.1) is 0 Å². The van der Waals surface area contributed by atoms with Gasteiger partial charge in [-0.25, -0.2) is 0 Å². The lowest BCUT2D eigenvalue weighted by Crippen LogP contribution is -2.42. The second kappa shape index (κ2) is 3.46. The smallest absolute Gasteiger partial charge is 0.169 e. The Labute approximate surface area is 86.8 Å². The third kappa shape index (κ3) is 1.81. The zero-order chi connectivity index (χ0) is 9.31. The molecule has 3 heteroatoms. The van der Waals surface area contributed by atoms with Gasteiger partial charge in [-0.1, -0.05) is 0 Å². The zero-order valence-corrected chi connectivity index (χ0v) is 9.36. The second-order valence-electron chi connectivity index (χ2n) is 3.82. The average molecular weight is 244 g/mol. The number of nitrogens with one attached hydrogen (secondary N) is 1. The molecule has 1 unspecified atom stereocenters.